The third-order valence-electron chi connectivity index (χ3n) is 3.61. The molecule has 1 aliphatic rings. The van der Waals surface area contributed by atoms with Gasteiger partial charge < -0.3 is 19.7 Å². The SMILES string of the molecule is COC(=O)C1=C(C)N(C)C(=O)N[C@H]1c1ccc(OC)cc1. The minimum atomic E-state index is -0.535. The molecule has 2 amide bonds. The summed E-state index contributed by atoms with van der Waals surface area (Å²) in [5.74, 6) is 0.249. The lowest BCUT2D eigenvalue weighted by atomic mass is 9.95. The van der Waals surface area contributed by atoms with Crippen LogP contribution in [0.4, 0.5) is 4.79 Å². The monoisotopic (exact) mass is 290 g/mol. The normalized spacial score (nSPS) is 18.4. The molecule has 6 nitrogen and oxygen atoms in total. The van der Waals surface area contributed by atoms with Gasteiger partial charge in [-0.3, -0.25) is 0 Å². The van der Waals surface area contributed by atoms with Crippen LogP contribution in [0.3, 0.4) is 0 Å². The number of hydrogen-bond donors (Lipinski definition) is 1. The maximum Gasteiger partial charge on any atom is 0.337 e. The average molecular weight is 290 g/mol. The van der Waals surface area contributed by atoms with Crippen molar-refractivity contribution in [2.45, 2.75) is 13.0 Å². The van der Waals surface area contributed by atoms with Crippen LogP contribution < -0.4 is 10.1 Å². The number of amides is 2. The molecule has 6 heteroatoms. The number of nitrogens with zero attached hydrogens (tertiary/aromatic N) is 1. The fourth-order valence-corrected chi connectivity index (χ4v) is 2.26. The largest absolute Gasteiger partial charge is 0.497 e. The predicted molar refractivity (Wildman–Crippen MR) is 76.7 cm³/mol. The van der Waals surface area contributed by atoms with Gasteiger partial charge in [-0.25, -0.2) is 9.59 Å². The second-order valence-corrected chi connectivity index (χ2v) is 4.71. The number of carbonyl (C=O) groups is 2. The summed E-state index contributed by atoms with van der Waals surface area (Å²) in [7, 11) is 4.51. The lowest BCUT2D eigenvalue weighted by molar-refractivity contribution is -0.136. The van der Waals surface area contributed by atoms with Crippen molar-refractivity contribution in [3.8, 4) is 5.75 Å². The molecule has 112 valence electrons. The molecule has 1 atom stereocenters. The van der Waals surface area contributed by atoms with Crippen LogP contribution in [0, 0.1) is 0 Å². The van der Waals surface area contributed by atoms with E-state index in [1.165, 1.54) is 12.0 Å². The lowest BCUT2D eigenvalue weighted by Crippen LogP contribution is -2.46. The van der Waals surface area contributed by atoms with Gasteiger partial charge in [0.2, 0.25) is 0 Å². The number of ether oxygens (including phenoxy) is 2. The molecule has 0 radical (unpaired) electrons. The number of esters is 1. The third-order valence-corrected chi connectivity index (χ3v) is 3.61. The molecule has 0 saturated heterocycles. The molecule has 1 aromatic carbocycles. The van der Waals surface area contributed by atoms with Crippen LogP contribution in [-0.2, 0) is 9.53 Å². The molecule has 1 aromatic rings. The van der Waals surface area contributed by atoms with Crippen molar-refractivity contribution < 1.29 is 19.1 Å². The highest BCUT2D eigenvalue weighted by molar-refractivity contribution is 5.94. The Morgan fingerprint density at radius 2 is 1.86 bits per heavy atom. The van der Waals surface area contributed by atoms with Gasteiger partial charge in [0.25, 0.3) is 0 Å². The second-order valence-electron chi connectivity index (χ2n) is 4.71. The van der Waals surface area contributed by atoms with Gasteiger partial charge in [0.15, 0.2) is 0 Å². The van der Waals surface area contributed by atoms with Crippen LogP contribution in [0.15, 0.2) is 35.5 Å². The molecule has 0 aliphatic carbocycles. The summed E-state index contributed by atoms with van der Waals surface area (Å²) in [6.45, 7) is 1.72. The summed E-state index contributed by atoms with van der Waals surface area (Å²) in [5, 5.41) is 2.80. The Bertz CT molecular complexity index is 592. The molecular formula is C15H18N2O4. The molecule has 0 bridgehead atoms. The summed E-state index contributed by atoms with van der Waals surface area (Å²) in [5.41, 5.74) is 1.79. The molecule has 0 fully saturated rings. The van der Waals surface area contributed by atoms with Gasteiger partial charge in [0.05, 0.1) is 25.8 Å². The predicted octanol–water partition coefficient (Wildman–Crippen LogP) is 1.84. The van der Waals surface area contributed by atoms with E-state index in [0.29, 0.717) is 17.0 Å². The van der Waals surface area contributed by atoms with E-state index in [1.54, 1.807) is 33.2 Å². The summed E-state index contributed by atoms with van der Waals surface area (Å²) in [6.07, 6.45) is 0. The summed E-state index contributed by atoms with van der Waals surface area (Å²) >= 11 is 0. The van der Waals surface area contributed by atoms with Gasteiger partial charge in [-0.15, -0.1) is 0 Å². The molecule has 0 unspecified atom stereocenters. The summed E-state index contributed by atoms with van der Waals surface area (Å²) in [6, 6.07) is 6.39. The van der Waals surface area contributed by atoms with E-state index in [2.05, 4.69) is 5.32 Å². The Morgan fingerprint density at radius 1 is 1.24 bits per heavy atom. The fourth-order valence-electron chi connectivity index (χ4n) is 2.26. The zero-order valence-electron chi connectivity index (χ0n) is 12.5. The van der Waals surface area contributed by atoms with Gasteiger partial charge in [0.1, 0.15) is 5.75 Å². The van der Waals surface area contributed by atoms with E-state index in [0.717, 1.165) is 5.56 Å². The number of rotatable bonds is 3. The van der Waals surface area contributed by atoms with Crippen LogP contribution in [-0.4, -0.2) is 38.2 Å². The first-order valence-electron chi connectivity index (χ1n) is 6.46. The zero-order chi connectivity index (χ0) is 15.6. The van der Waals surface area contributed by atoms with Gasteiger partial charge in [-0.05, 0) is 24.6 Å². The van der Waals surface area contributed by atoms with Crippen molar-refractivity contribution in [2.24, 2.45) is 0 Å². The zero-order valence-corrected chi connectivity index (χ0v) is 12.5. The molecule has 0 aromatic heterocycles. The first-order chi connectivity index (χ1) is 9.99. The van der Waals surface area contributed by atoms with Crippen molar-refractivity contribution in [1.82, 2.24) is 10.2 Å². The lowest BCUT2D eigenvalue weighted by Gasteiger charge is -2.33. The first-order valence-corrected chi connectivity index (χ1v) is 6.46. The number of carbonyl (C=O) groups excluding carboxylic acids is 2. The first kappa shape index (κ1) is 14.9. The Hall–Kier alpha value is -2.50. The number of methoxy groups -OCH3 is 2. The maximum absolute atomic E-state index is 12.1. The fraction of sp³-hybridized carbons (Fsp3) is 0.333. The van der Waals surface area contributed by atoms with E-state index < -0.39 is 12.0 Å². The molecule has 21 heavy (non-hydrogen) atoms. The van der Waals surface area contributed by atoms with Crippen LogP contribution in [0.2, 0.25) is 0 Å². The average Bonchev–Trinajstić information content (AvgIpc) is 2.51. The Labute approximate surface area is 123 Å². The standard InChI is InChI=1S/C15H18N2O4/c1-9-12(14(18)21-4)13(16-15(19)17(9)2)10-5-7-11(20-3)8-6-10/h5-8,13H,1-4H3,(H,16,19)/t13-/m0/s1. The van der Waals surface area contributed by atoms with E-state index in [-0.39, 0.29) is 6.03 Å². The van der Waals surface area contributed by atoms with Gasteiger partial charge in [-0.2, -0.15) is 0 Å². The van der Waals surface area contributed by atoms with E-state index in [1.807, 2.05) is 12.1 Å². The quantitative estimate of drug-likeness (QED) is 0.862. The molecular weight excluding hydrogens is 272 g/mol. The van der Waals surface area contributed by atoms with Crippen molar-refractivity contribution in [2.75, 3.05) is 21.3 Å². The summed E-state index contributed by atoms with van der Waals surface area (Å²) in [4.78, 5) is 25.4. The van der Waals surface area contributed by atoms with Crippen LogP contribution in [0.25, 0.3) is 0 Å². The number of benzene rings is 1. The Balaban J connectivity index is 2.48. The minimum absolute atomic E-state index is 0.263. The van der Waals surface area contributed by atoms with Crippen molar-refractivity contribution in [1.29, 1.82) is 0 Å². The molecule has 1 heterocycles. The highest BCUT2D eigenvalue weighted by atomic mass is 16.5. The minimum Gasteiger partial charge on any atom is -0.497 e. The van der Waals surface area contributed by atoms with Gasteiger partial charge in [-0.1, -0.05) is 12.1 Å². The number of hydrogen-bond acceptors (Lipinski definition) is 4. The van der Waals surface area contributed by atoms with Crippen molar-refractivity contribution in [3.63, 3.8) is 0 Å². The molecule has 0 saturated carbocycles. The maximum atomic E-state index is 12.1. The topological polar surface area (TPSA) is 67.9 Å². The molecule has 1 aliphatic heterocycles. The smallest absolute Gasteiger partial charge is 0.337 e. The van der Waals surface area contributed by atoms with Crippen LogP contribution in [0.5, 0.6) is 5.75 Å². The molecule has 1 N–H and O–H groups in total. The molecule has 0 spiro atoms. The highest BCUT2D eigenvalue weighted by Gasteiger charge is 2.34. The van der Waals surface area contributed by atoms with Gasteiger partial charge >= 0.3 is 12.0 Å². The number of nitrogens with one attached hydrogen (secondary N) is 1. The highest BCUT2D eigenvalue weighted by Crippen LogP contribution is 2.31. The van der Waals surface area contributed by atoms with E-state index in [4.69, 9.17) is 9.47 Å². The molecule has 2 rings (SSSR count). The summed E-state index contributed by atoms with van der Waals surface area (Å²) < 4.78 is 9.95. The number of urea groups is 1. The third kappa shape index (κ3) is 2.69. The van der Waals surface area contributed by atoms with Crippen molar-refractivity contribution >= 4 is 12.0 Å². The number of allylic oxidation sites excluding steroid dienone is 1. The van der Waals surface area contributed by atoms with Crippen molar-refractivity contribution in [3.05, 3.63) is 41.1 Å². The van der Waals surface area contributed by atoms with E-state index in [9.17, 15) is 9.59 Å². The van der Waals surface area contributed by atoms with Crippen LogP contribution >= 0.6 is 0 Å². The Kier molecular flexibility index (Phi) is 4.16. The Morgan fingerprint density at radius 3 is 2.38 bits per heavy atom. The van der Waals surface area contributed by atoms with E-state index >= 15 is 0 Å². The second kappa shape index (κ2) is 5.87. The van der Waals surface area contributed by atoms with Gasteiger partial charge in [0, 0.05) is 12.7 Å². The van der Waals surface area contributed by atoms with Crippen LogP contribution in [0.1, 0.15) is 18.5 Å².